The Labute approximate surface area is 330 Å². The number of para-hydroxylation sites is 1. The van der Waals surface area contributed by atoms with Gasteiger partial charge in [0.15, 0.2) is 5.82 Å². The van der Waals surface area contributed by atoms with Crippen molar-refractivity contribution in [3.8, 4) is 28.1 Å². The zero-order valence-corrected chi connectivity index (χ0v) is 33.5. The van der Waals surface area contributed by atoms with Crippen molar-refractivity contribution in [2.24, 2.45) is 0 Å². The second-order valence-electron chi connectivity index (χ2n) is 14.6. The Hall–Kier alpha value is -5.88. The van der Waals surface area contributed by atoms with Gasteiger partial charge in [-0.15, -0.1) is 22.7 Å². The maximum atomic E-state index is 5.30. The van der Waals surface area contributed by atoms with Gasteiger partial charge in [0.1, 0.15) is 4.83 Å². The summed E-state index contributed by atoms with van der Waals surface area (Å²) in [5.41, 5.74) is 14.2. The molecule has 0 radical (unpaired) electrons. The minimum Gasteiger partial charge on any atom is -0.300 e. The summed E-state index contributed by atoms with van der Waals surface area (Å²) in [6.07, 6.45) is 11.9. The Morgan fingerprint density at radius 2 is 1.51 bits per heavy atom. The molecule has 1 aliphatic heterocycles. The fourth-order valence-corrected chi connectivity index (χ4v) is 11.0. The van der Waals surface area contributed by atoms with E-state index in [1.54, 1.807) is 17.4 Å². The number of rotatable bonds is 8. The fraction of sp³-hybridized carbons (Fsp3) is 0.120. The molecule has 268 valence electrons. The van der Waals surface area contributed by atoms with Crippen molar-refractivity contribution in [3.63, 3.8) is 0 Å². The molecule has 0 aliphatic carbocycles. The van der Waals surface area contributed by atoms with Gasteiger partial charge in [0.2, 0.25) is 0 Å². The summed E-state index contributed by atoms with van der Waals surface area (Å²) in [6, 6.07) is 31.4. The van der Waals surface area contributed by atoms with Crippen LogP contribution in [0.2, 0.25) is 0 Å². The SMILES string of the molecule is C=Cc1nc(/C(=C/C)c2sc(C=C)c(/C=C\C)c2C)nc(-c2cccc(-c3ccc4c(c3)C(C)(C)c3cccc5c6c7ccccc7sc6n-4c35)c2)c1C=C. The third kappa shape index (κ3) is 5.14. The van der Waals surface area contributed by atoms with E-state index in [0.29, 0.717) is 5.82 Å². The van der Waals surface area contributed by atoms with Gasteiger partial charge in [0.05, 0.1) is 22.6 Å². The lowest BCUT2D eigenvalue weighted by Gasteiger charge is -2.35. The summed E-state index contributed by atoms with van der Waals surface area (Å²) in [7, 11) is 0. The summed E-state index contributed by atoms with van der Waals surface area (Å²) < 4.78 is 3.84. The van der Waals surface area contributed by atoms with E-state index in [-0.39, 0.29) is 5.41 Å². The van der Waals surface area contributed by atoms with Crippen LogP contribution in [0.3, 0.4) is 0 Å². The van der Waals surface area contributed by atoms with Gasteiger partial charge < -0.3 is 4.57 Å². The molecule has 4 aromatic heterocycles. The Bertz CT molecular complexity index is 2990. The molecule has 0 atom stereocenters. The van der Waals surface area contributed by atoms with Crippen molar-refractivity contribution in [1.29, 1.82) is 0 Å². The molecule has 0 saturated heterocycles. The fourth-order valence-electron chi connectivity index (χ4n) is 8.55. The molecule has 0 fully saturated rings. The molecule has 0 unspecified atom stereocenters. The lowest BCUT2D eigenvalue weighted by molar-refractivity contribution is 0.630. The summed E-state index contributed by atoms with van der Waals surface area (Å²) in [5.74, 6) is 0.662. The van der Waals surface area contributed by atoms with Crippen LogP contribution in [0.25, 0.3) is 89.2 Å². The first-order valence-electron chi connectivity index (χ1n) is 18.7. The average Bonchev–Trinajstić information content (AvgIpc) is 3.85. The minimum absolute atomic E-state index is 0.202. The molecule has 1 aliphatic rings. The molecule has 0 amide bonds. The van der Waals surface area contributed by atoms with Gasteiger partial charge >= 0.3 is 0 Å². The maximum Gasteiger partial charge on any atom is 0.161 e. The van der Waals surface area contributed by atoms with E-state index in [9.17, 15) is 0 Å². The van der Waals surface area contributed by atoms with E-state index < -0.39 is 0 Å². The van der Waals surface area contributed by atoms with Crippen LogP contribution in [0.1, 0.15) is 76.8 Å². The Balaban J connectivity index is 1.19. The van der Waals surface area contributed by atoms with Crippen LogP contribution in [0.5, 0.6) is 0 Å². The highest BCUT2D eigenvalue weighted by Crippen LogP contribution is 2.51. The van der Waals surface area contributed by atoms with Crippen LogP contribution in [-0.2, 0) is 5.41 Å². The highest BCUT2D eigenvalue weighted by Gasteiger charge is 2.36. The Kier molecular flexibility index (Phi) is 8.34. The molecule has 3 nitrogen and oxygen atoms in total. The monoisotopic (exact) mass is 747 g/mol. The van der Waals surface area contributed by atoms with Gasteiger partial charge in [-0.05, 0) is 84.5 Å². The standard InChI is InChI=1S/C50H41N3S2/c1-9-18-35-29(6)47(54-42(35)13-5)34(11-3)48-51-40(12-4)33(10-2)45(52-48)32-20-16-19-30(27-32)31-25-26-41-39(28-31)50(7,8)38-23-17-22-37-44-36-21-14-15-24-43(36)55-49(44)53(41)46(37)38/h9-28H,2,4-5H2,1,3,6-8H3/b18-9-,34-11+. The lowest BCUT2D eigenvalue weighted by Crippen LogP contribution is -2.26. The molecule has 0 bridgehead atoms. The number of benzene rings is 4. The van der Waals surface area contributed by atoms with Gasteiger partial charge in [0.25, 0.3) is 0 Å². The number of hydrogen-bond donors (Lipinski definition) is 0. The van der Waals surface area contributed by atoms with Crippen molar-refractivity contribution in [3.05, 3.63) is 166 Å². The topological polar surface area (TPSA) is 30.7 Å². The molecule has 8 aromatic rings. The second kappa shape index (κ2) is 13.2. The van der Waals surface area contributed by atoms with Gasteiger partial charge in [-0.1, -0.05) is 125 Å². The molecule has 0 spiro atoms. The number of fused-ring (bicyclic) bond motifs is 7. The normalized spacial score (nSPS) is 13.6. The van der Waals surface area contributed by atoms with Crippen LogP contribution in [0, 0.1) is 6.92 Å². The second-order valence-corrected chi connectivity index (χ2v) is 16.7. The molecule has 55 heavy (non-hydrogen) atoms. The van der Waals surface area contributed by atoms with E-state index in [0.717, 1.165) is 43.4 Å². The van der Waals surface area contributed by atoms with Gasteiger partial charge in [0, 0.05) is 52.7 Å². The minimum atomic E-state index is -0.202. The molecular weight excluding hydrogens is 707 g/mol. The summed E-state index contributed by atoms with van der Waals surface area (Å²) >= 11 is 3.61. The molecule has 5 heteroatoms. The largest absolute Gasteiger partial charge is 0.300 e. The number of nitrogens with zero attached hydrogens (tertiary/aromatic N) is 3. The summed E-state index contributed by atoms with van der Waals surface area (Å²) in [4.78, 5) is 13.9. The van der Waals surface area contributed by atoms with Crippen LogP contribution in [0.4, 0.5) is 0 Å². The van der Waals surface area contributed by atoms with Gasteiger partial charge in [-0.2, -0.15) is 0 Å². The van der Waals surface area contributed by atoms with E-state index in [4.69, 9.17) is 9.97 Å². The van der Waals surface area contributed by atoms with Crippen molar-refractivity contribution in [2.75, 3.05) is 0 Å². The van der Waals surface area contributed by atoms with Crippen LogP contribution >= 0.6 is 22.7 Å². The summed E-state index contributed by atoms with van der Waals surface area (Å²) in [5, 5.41) is 4.02. The van der Waals surface area contributed by atoms with Gasteiger partial charge in [-0.3, -0.25) is 0 Å². The molecule has 4 aromatic carbocycles. The first-order chi connectivity index (χ1) is 26.7. The highest BCUT2D eigenvalue weighted by molar-refractivity contribution is 7.25. The number of hydrogen-bond acceptors (Lipinski definition) is 4. The predicted molar refractivity (Wildman–Crippen MR) is 242 cm³/mol. The summed E-state index contributed by atoms with van der Waals surface area (Å²) in [6.45, 7) is 23.4. The average molecular weight is 748 g/mol. The van der Waals surface area contributed by atoms with Crippen molar-refractivity contribution >= 4 is 83.8 Å². The zero-order chi connectivity index (χ0) is 38.2. The molecule has 5 heterocycles. The van der Waals surface area contributed by atoms with E-state index in [2.05, 4.69) is 155 Å². The van der Waals surface area contributed by atoms with Crippen LogP contribution < -0.4 is 0 Å². The van der Waals surface area contributed by atoms with Crippen molar-refractivity contribution in [2.45, 2.75) is 40.0 Å². The maximum absolute atomic E-state index is 5.30. The third-order valence-electron chi connectivity index (χ3n) is 11.3. The van der Waals surface area contributed by atoms with E-state index in [1.165, 1.54) is 64.7 Å². The highest BCUT2D eigenvalue weighted by atomic mass is 32.1. The first kappa shape index (κ1) is 34.9. The molecule has 9 rings (SSSR count). The van der Waals surface area contributed by atoms with Crippen molar-refractivity contribution in [1.82, 2.24) is 14.5 Å². The smallest absolute Gasteiger partial charge is 0.161 e. The zero-order valence-electron chi connectivity index (χ0n) is 31.8. The van der Waals surface area contributed by atoms with Gasteiger partial charge in [-0.25, -0.2) is 9.97 Å². The molecular formula is C50H41N3S2. The molecule has 0 N–H and O–H groups in total. The molecule has 0 saturated carbocycles. The lowest BCUT2D eigenvalue weighted by atomic mass is 9.74. The Morgan fingerprint density at radius 1 is 0.745 bits per heavy atom. The predicted octanol–water partition coefficient (Wildman–Crippen LogP) is 14.5. The Morgan fingerprint density at radius 3 is 2.27 bits per heavy atom. The van der Waals surface area contributed by atoms with E-state index in [1.807, 2.05) is 30.4 Å². The van der Waals surface area contributed by atoms with Crippen LogP contribution in [-0.4, -0.2) is 14.5 Å². The third-order valence-corrected chi connectivity index (χ3v) is 13.7. The first-order valence-corrected chi connectivity index (χ1v) is 20.3. The number of aromatic nitrogens is 3. The number of thiophene rings is 2. The van der Waals surface area contributed by atoms with Crippen LogP contribution in [0.15, 0.2) is 117 Å². The number of allylic oxidation sites excluding steroid dienone is 2. The van der Waals surface area contributed by atoms with Crippen molar-refractivity contribution < 1.29 is 0 Å². The quantitative estimate of drug-likeness (QED) is 0.155. The van der Waals surface area contributed by atoms with E-state index >= 15 is 0 Å².